The Kier molecular flexibility index (Phi) is 2.89. The van der Waals surface area contributed by atoms with Crippen LogP contribution in [0.5, 0.6) is 0 Å². The number of aromatic amines is 1. The van der Waals surface area contributed by atoms with Crippen LogP contribution in [0.4, 0.5) is 0 Å². The smallest absolute Gasteiger partial charge is 0.255 e. The molecule has 1 aliphatic heterocycles. The number of imidazole rings is 1. The van der Waals surface area contributed by atoms with Crippen molar-refractivity contribution < 1.29 is 4.79 Å². The SMILES string of the molecule is N#CC1CNCCN1C(=O)c1ccc2nc[nH]c2c1. The highest BCUT2D eigenvalue weighted by molar-refractivity contribution is 5.97. The maximum absolute atomic E-state index is 12.4. The molecule has 1 fully saturated rings. The summed E-state index contributed by atoms with van der Waals surface area (Å²) in [6.45, 7) is 1.79. The Hall–Kier alpha value is -2.39. The van der Waals surface area contributed by atoms with Gasteiger partial charge in [-0.3, -0.25) is 4.79 Å². The highest BCUT2D eigenvalue weighted by Gasteiger charge is 2.27. The average molecular weight is 255 g/mol. The fourth-order valence-electron chi connectivity index (χ4n) is 2.30. The van der Waals surface area contributed by atoms with Crippen molar-refractivity contribution in [1.29, 1.82) is 5.26 Å². The molecule has 2 N–H and O–H groups in total. The first-order valence-corrected chi connectivity index (χ1v) is 6.14. The van der Waals surface area contributed by atoms with E-state index in [1.54, 1.807) is 23.4 Å². The van der Waals surface area contributed by atoms with Crippen LogP contribution in [0.2, 0.25) is 0 Å². The van der Waals surface area contributed by atoms with Gasteiger partial charge < -0.3 is 15.2 Å². The summed E-state index contributed by atoms with van der Waals surface area (Å²) < 4.78 is 0. The predicted molar refractivity (Wildman–Crippen MR) is 69.4 cm³/mol. The van der Waals surface area contributed by atoms with Gasteiger partial charge in [-0.25, -0.2) is 4.98 Å². The molecule has 1 aromatic heterocycles. The molecule has 19 heavy (non-hydrogen) atoms. The largest absolute Gasteiger partial charge is 0.345 e. The van der Waals surface area contributed by atoms with Crippen LogP contribution in [-0.2, 0) is 0 Å². The number of nitrogens with one attached hydrogen (secondary N) is 2. The molecule has 1 aromatic carbocycles. The molecule has 1 atom stereocenters. The Morgan fingerprint density at radius 2 is 2.42 bits per heavy atom. The van der Waals surface area contributed by atoms with Crippen molar-refractivity contribution in [2.45, 2.75) is 6.04 Å². The van der Waals surface area contributed by atoms with Crippen LogP contribution in [0.1, 0.15) is 10.4 Å². The molecule has 2 heterocycles. The molecule has 1 unspecified atom stereocenters. The fourth-order valence-corrected chi connectivity index (χ4v) is 2.30. The van der Waals surface area contributed by atoms with Crippen molar-refractivity contribution in [2.75, 3.05) is 19.6 Å². The molecule has 1 saturated heterocycles. The number of hydrogen-bond donors (Lipinski definition) is 2. The zero-order valence-electron chi connectivity index (χ0n) is 10.3. The van der Waals surface area contributed by atoms with Crippen LogP contribution in [0.15, 0.2) is 24.5 Å². The van der Waals surface area contributed by atoms with Crippen molar-refractivity contribution in [3.05, 3.63) is 30.1 Å². The van der Waals surface area contributed by atoms with Crippen LogP contribution in [0.25, 0.3) is 11.0 Å². The number of nitriles is 1. The second-order valence-corrected chi connectivity index (χ2v) is 4.48. The molecule has 0 spiro atoms. The van der Waals surface area contributed by atoms with Gasteiger partial charge in [-0.2, -0.15) is 5.26 Å². The van der Waals surface area contributed by atoms with E-state index in [0.29, 0.717) is 18.7 Å². The average Bonchev–Trinajstić information content (AvgIpc) is 2.93. The zero-order chi connectivity index (χ0) is 13.2. The van der Waals surface area contributed by atoms with Crippen molar-refractivity contribution in [1.82, 2.24) is 20.2 Å². The molecule has 1 aliphatic rings. The molecular formula is C13H13N5O. The van der Waals surface area contributed by atoms with E-state index in [9.17, 15) is 4.79 Å². The quantitative estimate of drug-likeness (QED) is 0.777. The van der Waals surface area contributed by atoms with Gasteiger partial charge in [0.05, 0.1) is 23.4 Å². The maximum atomic E-state index is 12.4. The molecular weight excluding hydrogens is 242 g/mol. The van der Waals surface area contributed by atoms with Crippen LogP contribution in [-0.4, -0.2) is 46.5 Å². The summed E-state index contributed by atoms with van der Waals surface area (Å²) in [5.41, 5.74) is 2.24. The molecule has 0 radical (unpaired) electrons. The lowest BCUT2D eigenvalue weighted by atomic mass is 10.1. The topological polar surface area (TPSA) is 84.8 Å². The first-order valence-electron chi connectivity index (χ1n) is 6.14. The third-order valence-electron chi connectivity index (χ3n) is 3.32. The third kappa shape index (κ3) is 2.04. The van der Waals surface area contributed by atoms with E-state index in [4.69, 9.17) is 5.26 Å². The summed E-state index contributed by atoms with van der Waals surface area (Å²) >= 11 is 0. The first kappa shape index (κ1) is 11.7. The van der Waals surface area contributed by atoms with Crippen molar-refractivity contribution >= 4 is 16.9 Å². The minimum absolute atomic E-state index is 0.107. The number of carbonyl (C=O) groups is 1. The Bertz CT molecular complexity index is 656. The number of benzene rings is 1. The van der Waals surface area contributed by atoms with Gasteiger partial charge in [-0.15, -0.1) is 0 Å². The van der Waals surface area contributed by atoms with Gasteiger partial charge in [0.15, 0.2) is 0 Å². The predicted octanol–water partition coefficient (Wildman–Crippen LogP) is 0.500. The van der Waals surface area contributed by atoms with Gasteiger partial charge >= 0.3 is 0 Å². The Morgan fingerprint density at radius 1 is 1.53 bits per heavy atom. The molecule has 3 rings (SSSR count). The maximum Gasteiger partial charge on any atom is 0.255 e. The molecule has 1 amide bonds. The van der Waals surface area contributed by atoms with Gasteiger partial charge in [0, 0.05) is 25.2 Å². The van der Waals surface area contributed by atoms with Gasteiger partial charge in [0.1, 0.15) is 6.04 Å². The summed E-state index contributed by atoms with van der Waals surface area (Å²) in [4.78, 5) is 21.2. The Labute approximate surface area is 110 Å². The first-order chi connectivity index (χ1) is 9.29. The molecule has 0 bridgehead atoms. The zero-order valence-corrected chi connectivity index (χ0v) is 10.3. The van der Waals surface area contributed by atoms with E-state index in [1.165, 1.54) is 0 Å². The highest BCUT2D eigenvalue weighted by atomic mass is 16.2. The number of aromatic nitrogens is 2. The Morgan fingerprint density at radius 3 is 3.26 bits per heavy atom. The monoisotopic (exact) mass is 255 g/mol. The van der Waals surface area contributed by atoms with E-state index >= 15 is 0 Å². The van der Waals surface area contributed by atoms with Crippen molar-refractivity contribution in [2.24, 2.45) is 0 Å². The summed E-state index contributed by atoms with van der Waals surface area (Å²) in [6.07, 6.45) is 1.60. The highest BCUT2D eigenvalue weighted by Crippen LogP contribution is 2.15. The number of hydrogen-bond acceptors (Lipinski definition) is 4. The van der Waals surface area contributed by atoms with Crippen LogP contribution in [0, 0.1) is 11.3 Å². The molecule has 96 valence electrons. The van der Waals surface area contributed by atoms with Crippen molar-refractivity contribution in [3.8, 4) is 6.07 Å². The van der Waals surface area contributed by atoms with E-state index in [0.717, 1.165) is 17.6 Å². The molecule has 0 saturated carbocycles. The number of fused-ring (bicyclic) bond motifs is 1. The van der Waals surface area contributed by atoms with Crippen LogP contribution < -0.4 is 5.32 Å². The van der Waals surface area contributed by atoms with Gasteiger partial charge in [0.25, 0.3) is 5.91 Å². The molecule has 0 aliphatic carbocycles. The number of H-pyrrole nitrogens is 1. The Balaban J connectivity index is 1.91. The lowest BCUT2D eigenvalue weighted by molar-refractivity contribution is 0.0687. The third-order valence-corrected chi connectivity index (χ3v) is 3.32. The van der Waals surface area contributed by atoms with E-state index in [1.807, 2.05) is 6.07 Å². The molecule has 6 heteroatoms. The number of amides is 1. The summed E-state index contributed by atoms with van der Waals surface area (Å²) in [5, 5.41) is 12.2. The standard InChI is InChI=1S/C13H13N5O/c14-6-10-7-15-3-4-18(10)13(19)9-1-2-11-12(5-9)17-8-16-11/h1-2,5,8,10,15H,3-4,7H2,(H,16,17). The summed E-state index contributed by atoms with van der Waals surface area (Å²) in [6, 6.07) is 7.09. The van der Waals surface area contributed by atoms with E-state index in [2.05, 4.69) is 21.4 Å². The van der Waals surface area contributed by atoms with Gasteiger partial charge in [-0.1, -0.05) is 0 Å². The normalized spacial score (nSPS) is 19.3. The van der Waals surface area contributed by atoms with Crippen LogP contribution >= 0.6 is 0 Å². The van der Waals surface area contributed by atoms with E-state index in [-0.39, 0.29) is 5.91 Å². The lowest BCUT2D eigenvalue weighted by Gasteiger charge is -2.32. The second-order valence-electron chi connectivity index (χ2n) is 4.48. The van der Waals surface area contributed by atoms with Crippen LogP contribution in [0.3, 0.4) is 0 Å². The number of rotatable bonds is 1. The summed E-state index contributed by atoms with van der Waals surface area (Å²) in [7, 11) is 0. The molecule has 2 aromatic rings. The lowest BCUT2D eigenvalue weighted by Crippen LogP contribution is -2.53. The molecule has 6 nitrogen and oxygen atoms in total. The van der Waals surface area contributed by atoms with Gasteiger partial charge in [0.2, 0.25) is 0 Å². The van der Waals surface area contributed by atoms with Gasteiger partial charge in [-0.05, 0) is 18.2 Å². The van der Waals surface area contributed by atoms with E-state index < -0.39 is 6.04 Å². The number of carbonyl (C=O) groups excluding carboxylic acids is 1. The number of nitrogens with zero attached hydrogens (tertiary/aromatic N) is 3. The van der Waals surface area contributed by atoms with Crippen molar-refractivity contribution in [3.63, 3.8) is 0 Å². The summed E-state index contributed by atoms with van der Waals surface area (Å²) in [5.74, 6) is -0.107. The second kappa shape index (κ2) is 4.71. The fraction of sp³-hybridized carbons (Fsp3) is 0.308. The number of piperazine rings is 1. The minimum atomic E-state index is -0.404. The minimum Gasteiger partial charge on any atom is -0.345 e.